The predicted octanol–water partition coefficient (Wildman–Crippen LogP) is 1.92. The van der Waals surface area contributed by atoms with E-state index in [2.05, 4.69) is 5.32 Å². The first-order valence-electron chi connectivity index (χ1n) is 6.46. The molecule has 1 aromatic rings. The van der Waals surface area contributed by atoms with E-state index >= 15 is 0 Å². The van der Waals surface area contributed by atoms with E-state index in [1.807, 2.05) is 0 Å². The maximum atomic E-state index is 12.3. The largest absolute Gasteiger partial charge is 0.495 e. The summed E-state index contributed by atoms with van der Waals surface area (Å²) in [6, 6.07) is 2.69. The lowest BCUT2D eigenvalue weighted by Gasteiger charge is -2.20. The Morgan fingerprint density at radius 3 is 2.52 bits per heavy atom. The molecule has 1 unspecified atom stereocenters. The van der Waals surface area contributed by atoms with E-state index in [0.29, 0.717) is 35.1 Å². The van der Waals surface area contributed by atoms with Gasteiger partial charge in [-0.2, -0.15) is 0 Å². The Kier molecular flexibility index (Phi) is 4.57. The minimum atomic E-state index is -0.469. The Morgan fingerprint density at radius 1 is 1.33 bits per heavy atom. The first-order chi connectivity index (χ1) is 9.97. The summed E-state index contributed by atoms with van der Waals surface area (Å²) in [6.45, 7) is 0. The maximum Gasteiger partial charge on any atom is 0.247 e. The van der Waals surface area contributed by atoms with Gasteiger partial charge >= 0.3 is 0 Å². The summed E-state index contributed by atoms with van der Waals surface area (Å²) in [5, 5.41) is 3.15. The monoisotopic (exact) mass is 312 g/mol. The van der Waals surface area contributed by atoms with E-state index in [1.165, 1.54) is 19.1 Å². The molecule has 0 radical (unpaired) electrons. The van der Waals surface area contributed by atoms with Gasteiger partial charge in [0, 0.05) is 25.6 Å². The Labute approximate surface area is 128 Å². The highest BCUT2D eigenvalue weighted by Crippen LogP contribution is 2.36. The number of benzene rings is 1. The van der Waals surface area contributed by atoms with E-state index in [0.717, 1.165) is 0 Å². The molecule has 0 saturated carbocycles. The van der Waals surface area contributed by atoms with Crippen molar-refractivity contribution in [2.75, 3.05) is 26.6 Å². The Hall–Kier alpha value is -1.95. The number of halogens is 1. The summed E-state index contributed by atoms with van der Waals surface area (Å²) in [5.74, 6) is 0.576. The highest BCUT2D eigenvalue weighted by atomic mass is 35.5. The van der Waals surface area contributed by atoms with Crippen LogP contribution >= 0.6 is 11.6 Å². The van der Waals surface area contributed by atoms with Crippen LogP contribution in [0.5, 0.6) is 11.5 Å². The summed E-state index contributed by atoms with van der Waals surface area (Å²) in [6.07, 6.45) is 0.893. The maximum absolute atomic E-state index is 12.3. The first kappa shape index (κ1) is 15.4. The van der Waals surface area contributed by atoms with Gasteiger partial charge in [-0.3, -0.25) is 9.59 Å². The molecule has 2 amide bonds. The van der Waals surface area contributed by atoms with E-state index in [9.17, 15) is 9.59 Å². The number of ether oxygens (including phenoxy) is 2. The molecule has 1 N–H and O–H groups in total. The molecule has 2 rings (SSSR count). The van der Waals surface area contributed by atoms with Crippen LogP contribution in [0, 0.1) is 0 Å². The second-order valence-corrected chi connectivity index (χ2v) is 5.14. The van der Waals surface area contributed by atoms with Crippen molar-refractivity contribution in [3.63, 3.8) is 0 Å². The molecule has 21 heavy (non-hydrogen) atoms. The normalized spacial score (nSPS) is 17.8. The molecule has 1 heterocycles. The standard InChI is InChI=1S/C14H17ClN2O4/c1-17-10(4-5-13(17)18)14(19)16-9-7-11(20-2)8(15)6-12(9)21-3/h6-7,10H,4-5H2,1-3H3,(H,16,19). The number of likely N-dealkylation sites (tertiary alicyclic amines) is 1. The molecule has 1 aromatic carbocycles. The number of amides is 2. The number of carbonyl (C=O) groups excluding carboxylic acids is 2. The van der Waals surface area contributed by atoms with Gasteiger partial charge in [0.25, 0.3) is 0 Å². The van der Waals surface area contributed by atoms with Gasteiger partial charge in [0.15, 0.2) is 0 Å². The van der Waals surface area contributed by atoms with Crippen LogP contribution in [0.4, 0.5) is 5.69 Å². The van der Waals surface area contributed by atoms with Crippen molar-refractivity contribution in [1.82, 2.24) is 4.90 Å². The Morgan fingerprint density at radius 2 is 2.00 bits per heavy atom. The third kappa shape index (κ3) is 3.05. The lowest BCUT2D eigenvalue weighted by atomic mass is 10.2. The quantitative estimate of drug-likeness (QED) is 0.922. The molecule has 7 heteroatoms. The fraction of sp³-hybridized carbons (Fsp3) is 0.429. The number of nitrogens with zero attached hydrogens (tertiary/aromatic N) is 1. The van der Waals surface area contributed by atoms with Crippen molar-refractivity contribution in [3.05, 3.63) is 17.2 Å². The van der Waals surface area contributed by atoms with Crippen LogP contribution in [0.2, 0.25) is 5.02 Å². The minimum Gasteiger partial charge on any atom is -0.495 e. The number of anilines is 1. The average molecular weight is 313 g/mol. The van der Waals surface area contributed by atoms with Gasteiger partial charge < -0.3 is 19.7 Å². The van der Waals surface area contributed by atoms with Crippen molar-refractivity contribution in [2.24, 2.45) is 0 Å². The highest BCUT2D eigenvalue weighted by Gasteiger charge is 2.33. The van der Waals surface area contributed by atoms with Gasteiger partial charge in [-0.25, -0.2) is 0 Å². The van der Waals surface area contributed by atoms with Gasteiger partial charge in [0.05, 0.1) is 24.9 Å². The van der Waals surface area contributed by atoms with Crippen LogP contribution in [0.3, 0.4) is 0 Å². The number of rotatable bonds is 4. The molecule has 114 valence electrons. The van der Waals surface area contributed by atoms with E-state index < -0.39 is 6.04 Å². The summed E-state index contributed by atoms with van der Waals surface area (Å²) >= 11 is 6.02. The van der Waals surface area contributed by atoms with Crippen LogP contribution in [0.15, 0.2) is 12.1 Å². The lowest BCUT2D eigenvalue weighted by molar-refractivity contribution is -0.131. The molecule has 1 fully saturated rings. The number of hydrogen-bond acceptors (Lipinski definition) is 4. The van der Waals surface area contributed by atoms with Gasteiger partial charge in [-0.05, 0) is 6.42 Å². The molecule has 1 aliphatic heterocycles. The van der Waals surface area contributed by atoms with Crippen molar-refractivity contribution < 1.29 is 19.1 Å². The highest BCUT2D eigenvalue weighted by molar-refractivity contribution is 6.32. The number of hydrogen-bond donors (Lipinski definition) is 1. The first-order valence-corrected chi connectivity index (χ1v) is 6.83. The van der Waals surface area contributed by atoms with Crippen LogP contribution in [-0.4, -0.2) is 44.0 Å². The van der Waals surface area contributed by atoms with Crippen LogP contribution in [-0.2, 0) is 9.59 Å². The van der Waals surface area contributed by atoms with Gasteiger partial charge in [0.1, 0.15) is 17.5 Å². The molecule has 6 nitrogen and oxygen atoms in total. The molecular weight excluding hydrogens is 296 g/mol. The number of nitrogens with one attached hydrogen (secondary N) is 1. The summed E-state index contributed by atoms with van der Waals surface area (Å²) in [5.41, 5.74) is 0.455. The van der Waals surface area contributed by atoms with Gasteiger partial charge in [-0.1, -0.05) is 11.6 Å². The molecule has 0 bridgehead atoms. The van der Waals surface area contributed by atoms with Crippen LogP contribution < -0.4 is 14.8 Å². The predicted molar refractivity (Wildman–Crippen MR) is 79.0 cm³/mol. The van der Waals surface area contributed by atoms with Gasteiger partial charge in [0.2, 0.25) is 11.8 Å². The molecular formula is C14H17ClN2O4. The third-order valence-electron chi connectivity index (χ3n) is 3.53. The second kappa shape index (κ2) is 6.22. The zero-order valence-corrected chi connectivity index (χ0v) is 12.9. The lowest BCUT2D eigenvalue weighted by Crippen LogP contribution is -2.38. The van der Waals surface area contributed by atoms with Crippen LogP contribution in [0.1, 0.15) is 12.8 Å². The van der Waals surface area contributed by atoms with Crippen molar-refractivity contribution in [3.8, 4) is 11.5 Å². The van der Waals surface area contributed by atoms with E-state index in [-0.39, 0.29) is 11.8 Å². The summed E-state index contributed by atoms with van der Waals surface area (Å²) < 4.78 is 10.3. The summed E-state index contributed by atoms with van der Waals surface area (Å²) in [4.78, 5) is 25.2. The number of likely N-dealkylation sites (N-methyl/N-ethyl adjacent to an activating group) is 1. The van der Waals surface area contributed by atoms with Gasteiger partial charge in [-0.15, -0.1) is 0 Å². The summed E-state index contributed by atoms with van der Waals surface area (Å²) in [7, 11) is 4.60. The molecule has 0 aromatic heterocycles. The number of methoxy groups -OCH3 is 2. The SMILES string of the molecule is COc1cc(NC(=O)C2CCC(=O)N2C)c(OC)cc1Cl. The molecule has 1 saturated heterocycles. The smallest absolute Gasteiger partial charge is 0.247 e. The third-order valence-corrected chi connectivity index (χ3v) is 3.82. The minimum absolute atomic E-state index is 0.0317. The molecule has 0 aliphatic carbocycles. The van der Waals surface area contributed by atoms with Crippen molar-refractivity contribution in [1.29, 1.82) is 0 Å². The molecule has 1 atom stereocenters. The van der Waals surface area contributed by atoms with Crippen molar-refractivity contribution in [2.45, 2.75) is 18.9 Å². The topological polar surface area (TPSA) is 67.9 Å². The number of carbonyl (C=O) groups is 2. The Bertz CT molecular complexity index is 576. The molecule has 1 aliphatic rings. The average Bonchev–Trinajstić information content (AvgIpc) is 2.80. The van der Waals surface area contributed by atoms with Crippen molar-refractivity contribution >= 4 is 29.1 Å². The Balaban J connectivity index is 2.22. The van der Waals surface area contributed by atoms with E-state index in [1.54, 1.807) is 19.2 Å². The van der Waals surface area contributed by atoms with E-state index in [4.69, 9.17) is 21.1 Å². The van der Waals surface area contributed by atoms with Crippen LogP contribution in [0.25, 0.3) is 0 Å². The zero-order valence-electron chi connectivity index (χ0n) is 12.1. The fourth-order valence-electron chi connectivity index (χ4n) is 2.29. The second-order valence-electron chi connectivity index (χ2n) is 4.74. The zero-order chi connectivity index (χ0) is 15.6. The molecule has 0 spiro atoms. The fourth-order valence-corrected chi connectivity index (χ4v) is 2.52.